The Labute approximate surface area is 121 Å². The van der Waals surface area contributed by atoms with Crippen LogP contribution in [-0.4, -0.2) is 34.0 Å². The lowest BCUT2D eigenvalue weighted by Gasteiger charge is -2.33. The molecule has 0 fully saturated rings. The number of amides is 1. The molecule has 1 heterocycles. The molecule has 0 atom stereocenters. The van der Waals surface area contributed by atoms with Gasteiger partial charge in [-0.15, -0.1) is 11.3 Å². The Kier molecular flexibility index (Phi) is 5.14. The monoisotopic (exact) mass is 301 g/mol. The van der Waals surface area contributed by atoms with Crippen molar-refractivity contribution in [2.75, 3.05) is 6.54 Å². The minimum Gasteiger partial charge on any atom is -0.480 e. The molecule has 1 amide bonds. The average molecular weight is 302 g/mol. The molecule has 0 aromatic carbocycles. The largest absolute Gasteiger partial charge is 0.480 e. The molecule has 0 saturated heterocycles. The number of hydrogen-bond acceptors (Lipinski definition) is 3. The van der Waals surface area contributed by atoms with E-state index in [1.165, 1.54) is 36.2 Å². The van der Waals surface area contributed by atoms with Gasteiger partial charge in [0.05, 0.1) is 4.34 Å². The fraction of sp³-hybridized carbons (Fsp3) is 0.385. The van der Waals surface area contributed by atoms with E-state index >= 15 is 0 Å². The van der Waals surface area contributed by atoms with Crippen LogP contribution in [0, 0.1) is 0 Å². The molecule has 0 unspecified atom stereocenters. The van der Waals surface area contributed by atoms with Gasteiger partial charge in [0.15, 0.2) is 0 Å². The molecule has 1 rings (SSSR count). The summed E-state index contributed by atoms with van der Waals surface area (Å²) in [5.74, 6) is -1.37. The zero-order valence-electron chi connectivity index (χ0n) is 11.0. The second kappa shape index (κ2) is 6.21. The first-order valence-corrected chi connectivity index (χ1v) is 6.97. The molecule has 0 bridgehead atoms. The van der Waals surface area contributed by atoms with Crippen LogP contribution in [0.25, 0.3) is 6.08 Å². The summed E-state index contributed by atoms with van der Waals surface area (Å²) in [5.41, 5.74) is -1.23. The number of carboxylic acid groups (broad SMARTS) is 1. The van der Waals surface area contributed by atoms with E-state index < -0.39 is 11.5 Å². The van der Waals surface area contributed by atoms with Gasteiger partial charge in [-0.2, -0.15) is 0 Å². The lowest BCUT2D eigenvalue weighted by atomic mass is 10.0. The Balaban J connectivity index is 2.86. The Morgan fingerprint density at radius 3 is 2.53 bits per heavy atom. The van der Waals surface area contributed by atoms with E-state index in [0.717, 1.165) is 4.88 Å². The number of rotatable bonds is 5. The van der Waals surface area contributed by atoms with Gasteiger partial charge in [-0.1, -0.05) is 11.6 Å². The van der Waals surface area contributed by atoms with Crippen LogP contribution < -0.4 is 0 Å². The normalized spacial score (nSPS) is 11.8. The van der Waals surface area contributed by atoms with Crippen molar-refractivity contribution in [3.05, 3.63) is 27.4 Å². The Morgan fingerprint density at radius 2 is 2.11 bits per heavy atom. The smallest absolute Gasteiger partial charge is 0.329 e. The summed E-state index contributed by atoms with van der Waals surface area (Å²) in [6.07, 6.45) is 3.01. The lowest BCUT2D eigenvalue weighted by molar-refractivity contribution is -0.154. The van der Waals surface area contributed by atoms with Crippen LogP contribution in [0.15, 0.2) is 18.2 Å². The van der Waals surface area contributed by atoms with Crippen LogP contribution in [0.5, 0.6) is 0 Å². The van der Waals surface area contributed by atoms with Crippen molar-refractivity contribution in [1.29, 1.82) is 0 Å². The van der Waals surface area contributed by atoms with Crippen molar-refractivity contribution in [1.82, 2.24) is 4.90 Å². The molecule has 104 valence electrons. The fourth-order valence-electron chi connectivity index (χ4n) is 1.60. The molecular formula is C13H16ClNO3S. The number of aliphatic carboxylic acids is 1. The standard InChI is InChI=1S/C13H16ClNO3S/c1-4-15(13(2,3)12(17)18)11(16)8-6-9-5-7-10(14)19-9/h5-8H,4H2,1-3H3,(H,17,18). The minimum absolute atomic E-state index is 0.327. The number of carbonyl (C=O) groups excluding carboxylic acids is 1. The summed E-state index contributed by atoms with van der Waals surface area (Å²) >= 11 is 7.15. The van der Waals surface area contributed by atoms with Gasteiger partial charge in [-0.25, -0.2) is 4.79 Å². The number of hydrogen-bond donors (Lipinski definition) is 1. The third kappa shape index (κ3) is 3.81. The van der Waals surface area contributed by atoms with Gasteiger partial charge in [0, 0.05) is 17.5 Å². The Hall–Kier alpha value is -1.33. The van der Waals surface area contributed by atoms with Gasteiger partial charge in [0.1, 0.15) is 5.54 Å². The molecule has 1 N–H and O–H groups in total. The highest BCUT2D eigenvalue weighted by molar-refractivity contribution is 7.17. The van der Waals surface area contributed by atoms with Gasteiger partial charge < -0.3 is 10.0 Å². The van der Waals surface area contributed by atoms with Crippen molar-refractivity contribution < 1.29 is 14.7 Å². The van der Waals surface area contributed by atoms with E-state index in [-0.39, 0.29) is 5.91 Å². The van der Waals surface area contributed by atoms with E-state index in [1.807, 2.05) is 0 Å². The Morgan fingerprint density at radius 1 is 1.47 bits per heavy atom. The second-order valence-electron chi connectivity index (χ2n) is 4.42. The Bertz CT molecular complexity index is 508. The molecule has 0 saturated carbocycles. The van der Waals surface area contributed by atoms with Crippen molar-refractivity contribution >= 4 is 40.9 Å². The van der Waals surface area contributed by atoms with Gasteiger partial charge >= 0.3 is 5.97 Å². The molecular weight excluding hydrogens is 286 g/mol. The molecule has 4 nitrogen and oxygen atoms in total. The highest BCUT2D eigenvalue weighted by Gasteiger charge is 2.35. The van der Waals surface area contributed by atoms with Gasteiger partial charge in [-0.05, 0) is 39.0 Å². The van der Waals surface area contributed by atoms with Crippen molar-refractivity contribution in [3.8, 4) is 0 Å². The lowest BCUT2D eigenvalue weighted by Crippen LogP contribution is -2.52. The van der Waals surface area contributed by atoms with Gasteiger partial charge in [0.25, 0.3) is 0 Å². The van der Waals surface area contributed by atoms with E-state index in [2.05, 4.69) is 0 Å². The van der Waals surface area contributed by atoms with E-state index in [4.69, 9.17) is 16.7 Å². The van der Waals surface area contributed by atoms with Gasteiger partial charge in [-0.3, -0.25) is 4.79 Å². The second-order valence-corrected chi connectivity index (χ2v) is 6.17. The van der Waals surface area contributed by atoms with Crippen LogP contribution in [0.2, 0.25) is 4.34 Å². The zero-order chi connectivity index (χ0) is 14.6. The molecule has 1 aromatic rings. The van der Waals surface area contributed by atoms with Crippen molar-refractivity contribution in [2.45, 2.75) is 26.3 Å². The summed E-state index contributed by atoms with van der Waals surface area (Å²) in [6.45, 7) is 5.09. The third-order valence-electron chi connectivity index (χ3n) is 2.76. The molecule has 0 aliphatic carbocycles. The quantitative estimate of drug-likeness (QED) is 0.850. The molecule has 19 heavy (non-hydrogen) atoms. The molecule has 1 aromatic heterocycles. The van der Waals surface area contributed by atoms with Crippen LogP contribution in [0.1, 0.15) is 25.6 Å². The first kappa shape index (κ1) is 15.7. The van der Waals surface area contributed by atoms with Crippen molar-refractivity contribution in [2.24, 2.45) is 0 Å². The van der Waals surface area contributed by atoms with Crippen molar-refractivity contribution in [3.63, 3.8) is 0 Å². The molecule has 0 spiro atoms. The number of thiophene rings is 1. The average Bonchev–Trinajstić information content (AvgIpc) is 2.73. The number of carbonyl (C=O) groups is 2. The van der Waals surface area contributed by atoms with Gasteiger partial charge in [0.2, 0.25) is 5.91 Å². The maximum absolute atomic E-state index is 12.1. The SMILES string of the molecule is CCN(C(=O)C=Cc1ccc(Cl)s1)C(C)(C)C(=O)O. The zero-order valence-corrected chi connectivity index (χ0v) is 12.6. The van der Waals surface area contributed by atoms with E-state index in [9.17, 15) is 9.59 Å². The van der Waals surface area contributed by atoms with E-state index in [1.54, 1.807) is 25.1 Å². The summed E-state index contributed by atoms with van der Waals surface area (Å²) in [5, 5.41) is 9.15. The van der Waals surface area contributed by atoms with Crippen LogP contribution >= 0.6 is 22.9 Å². The maximum atomic E-state index is 12.1. The number of likely N-dealkylation sites (N-methyl/N-ethyl adjacent to an activating group) is 1. The van der Waals surface area contributed by atoms with Crippen LogP contribution in [-0.2, 0) is 9.59 Å². The van der Waals surface area contributed by atoms with E-state index in [0.29, 0.717) is 10.9 Å². The maximum Gasteiger partial charge on any atom is 0.329 e. The molecule has 6 heteroatoms. The number of carboxylic acids is 1. The molecule has 0 aliphatic rings. The summed E-state index contributed by atoms with van der Waals surface area (Å²) in [6, 6.07) is 3.55. The first-order valence-electron chi connectivity index (χ1n) is 5.77. The first-order chi connectivity index (χ1) is 8.78. The minimum atomic E-state index is -1.23. The highest BCUT2D eigenvalue weighted by atomic mass is 35.5. The summed E-state index contributed by atoms with van der Waals surface area (Å²) < 4.78 is 0.644. The molecule has 0 aliphatic heterocycles. The summed E-state index contributed by atoms with van der Waals surface area (Å²) in [4.78, 5) is 25.4. The van der Waals surface area contributed by atoms with Crippen LogP contribution in [0.4, 0.5) is 0 Å². The van der Waals surface area contributed by atoms with Crippen LogP contribution in [0.3, 0.4) is 0 Å². The summed E-state index contributed by atoms with van der Waals surface area (Å²) in [7, 11) is 0. The molecule has 0 radical (unpaired) electrons. The highest BCUT2D eigenvalue weighted by Crippen LogP contribution is 2.23. The topological polar surface area (TPSA) is 57.6 Å². The predicted octanol–water partition coefficient (Wildman–Crippen LogP) is 3.13. The number of halogens is 1. The number of nitrogens with zero attached hydrogens (tertiary/aromatic N) is 1. The fourth-order valence-corrected chi connectivity index (χ4v) is 2.57. The third-order valence-corrected chi connectivity index (χ3v) is 3.96. The predicted molar refractivity (Wildman–Crippen MR) is 77.5 cm³/mol.